The van der Waals surface area contributed by atoms with Crippen LogP contribution in [-0.4, -0.2) is 23.0 Å². The largest absolute Gasteiger partial charge is 0.386 e. The molecule has 0 aromatic heterocycles. The van der Waals surface area contributed by atoms with Crippen molar-refractivity contribution >= 4 is 29.1 Å². The highest BCUT2D eigenvalue weighted by Gasteiger charge is 2.27. The van der Waals surface area contributed by atoms with Crippen molar-refractivity contribution in [3.8, 4) is 0 Å². The standard InChI is InChI=1S/C21H22ClFN2O3/c1-12(20(27)19-15(22)6-4-7-16(19)23)24-18(26)10-9-14-11-13-5-2-3-8-17(13)25-21(14)28/h2-8,12,14,20,27H,9-11H2,1H3,(H,24,26)(H,25,28)/t12-,14-,20+/m0/s1. The van der Waals surface area contributed by atoms with E-state index in [1.165, 1.54) is 18.2 Å². The molecule has 28 heavy (non-hydrogen) atoms. The smallest absolute Gasteiger partial charge is 0.227 e. The Kier molecular flexibility index (Phi) is 6.31. The molecule has 0 radical (unpaired) electrons. The average Bonchev–Trinajstić information content (AvgIpc) is 2.66. The number of halogens is 2. The number of benzene rings is 2. The van der Waals surface area contributed by atoms with Gasteiger partial charge in [-0.15, -0.1) is 0 Å². The summed E-state index contributed by atoms with van der Waals surface area (Å²) in [5.41, 5.74) is 1.82. The van der Waals surface area contributed by atoms with Gasteiger partial charge in [0.25, 0.3) is 0 Å². The van der Waals surface area contributed by atoms with E-state index in [-0.39, 0.29) is 34.7 Å². The van der Waals surface area contributed by atoms with Gasteiger partial charge in [0.05, 0.1) is 6.04 Å². The number of carbonyl (C=O) groups is 2. The van der Waals surface area contributed by atoms with Crippen molar-refractivity contribution in [1.29, 1.82) is 0 Å². The molecule has 0 saturated carbocycles. The van der Waals surface area contributed by atoms with E-state index >= 15 is 0 Å². The van der Waals surface area contributed by atoms with Gasteiger partial charge in [-0.1, -0.05) is 35.9 Å². The first-order valence-corrected chi connectivity index (χ1v) is 9.54. The molecule has 0 aliphatic carbocycles. The van der Waals surface area contributed by atoms with Crippen molar-refractivity contribution in [3.05, 3.63) is 64.4 Å². The summed E-state index contributed by atoms with van der Waals surface area (Å²) >= 11 is 5.97. The van der Waals surface area contributed by atoms with E-state index < -0.39 is 18.0 Å². The van der Waals surface area contributed by atoms with Crippen LogP contribution in [0.15, 0.2) is 42.5 Å². The van der Waals surface area contributed by atoms with Gasteiger partial charge in [0, 0.05) is 28.6 Å². The molecule has 0 unspecified atom stereocenters. The number of anilines is 1. The van der Waals surface area contributed by atoms with Gasteiger partial charge in [-0.05, 0) is 43.5 Å². The van der Waals surface area contributed by atoms with Gasteiger partial charge in [0.15, 0.2) is 0 Å². The van der Waals surface area contributed by atoms with Crippen LogP contribution in [0.1, 0.15) is 37.0 Å². The molecule has 0 fully saturated rings. The highest BCUT2D eigenvalue weighted by molar-refractivity contribution is 6.31. The number of nitrogens with one attached hydrogen (secondary N) is 2. The summed E-state index contributed by atoms with van der Waals surface area (Å²) in [7, 11) is 0. The number of rotatable bonds is 6. The normalized spacial score (nSPS) is 18.0. The summed E-state index contributed by atoms with van der Waals surface area (Å²) in [5.74, 6) is -1.33. The number of fused-ring (bicyclic) bond motifs is 1. The Hall–Kier alpha value is -2.44. The van der Waals surface area contributed by atoms with E-state index in [2.05, 4.69) is 10.6 Å². The lowest BCUT2D eigenvalue weighted by Gasteiger charge is -2.25. The summed E-state index contributed by atoms with van der Waals surface area (Å²) in [6.45, 7) is 1.58. The number of hydrogen-bond donors (Lipinski definition) is 3. The molecular weight excluding hydrogens is 383 g/mol. The Morgan fingerprint density at radius 1 is 1.32 bits per heavy atom. The maximum atomic E-state index is 14.0. The lowest BCUT2D eigenvalue weighted by molar-refractivity contribution is -0.123. The van der Waals surface area contributed by atoms with Crippen LogP contribution in [0.4, 0.5) is 10.1 Å². The van der Waals surface area contributed by atoms with Gasteiger partial charge in [-0.25, -0.2) is 4.39 Å². The zero-order valence-corrected chi connectivity index (χ0v) is 16.2. The number of hydrogen-bond acceptors (Lipinski definition) is 3. The van der Waals surface area contributed by atoms with Crippen molar-refractivity contribution in [1.82, 2.24) is 5.32 Å². The van der Waals surface area contributed by atoms with Gasteiger partial charge < -0.3 is 15.7 Å². The Morgan fingerprint density at radius 2 is 2.07 bits per heavy atom. The molecule has 148 valence electrons. The van der Waals surface area contributed by atoms with E-state index in [0.717, 1.165) is 11.3 Å². The van der Waals surface area contributed by atoms with Crippen molar-refractivity contribution in [2.24, 2.45) is 5.92 Å². The quantitative estimate of drug-likeness (QED) is 0.688. The lowest BCUT2D eigenvalue weighted by atomic mass is 9.89. The van der Waals surface area contributed by atoms with Crippen molar-refractivity contribution in [2.75, 3.05) is 5.32 Å². The maximum Gasteiger partial charge on any atom is 0.227 e. The summed E-state index contributed by atoms with van der Waals surface area (Å²) < 4.78 is 14.0. The minimum atomic E-state index is -1.28. The SMILES string of the molecule is C[C@H](NC(=O)CC[C@H]1Cc2ccccc2NC1=O)[C@@H](O)c1c(F)cccc1Cl. The molecular formula is C21H22ClFN2O3. The maximum absolute atomic E-state index is 14.0. The summed E-state index contributed by atoms with van der Waals surface area (Å²) in [4.78, 5) is 24.5. The molecule has 7 heteroatoms. The van der Waals surface area contributed by atoms with Crippen molar-refractivity contribution < 1.29 is 19.1 Å². The van der Waals surface area contributed by atoms with E-state index in [1.54, 1.807) is 6.92 Å². The molecule has 0 saturated heterocycles. The molecule has 0 spiro atoms. The highest BCUT2D eigenvalue weighted by Crippen LogP contribution is 2.29. The molecule has 2 amide bonds. The van der Waals surface area contributed by atoms with Gasteiger partial charge >= 0.3 is 0 Å². The van der Waals surface area contributed by atoms with Crippen LogP contribution >= 0.6 is 11.6 Å². The van der Waals surface area contributed by atoms with Crippen LogP contribution in [0.3, 0.4) is 0 Å². The molecule has 2 aromatic carbocycles. The fourth-order valence-electron chi connectivity index (χ4n) is 3.40. The second-order valence-electron chi connectivity index (χ2n) is 7.02. The first-order chi connectivity index (χ1) is 13.4. The van der Waals surface area contributed by atoms with Crippen LogP contribution in [0.2, 0.25) is 5.02 Å². The average molecular weight is 405 g/mol. The highest BCUT2D eigenvalue weighted by atomic mass is 35.5. The number of para-hydroxylation sites is 1. The fourth-order valence-corrected chi connectivity index (χ4v) is 3.67. The second kappa shape index (κ2) is 8.71. The van der Waals surface area contributed by atoms with Gasteiger partial charge in [0.2, 0.25) is 11.8 Å². The lowest BCUT2D eigenvalue weighted by Crippen LogP contribution is -2.38. The fraction of sp³-hybridized carbons (Fsp3) is 0.333. The van der Waals surface area contributed by atoms with E-state index in [9.17, 15) is 19.1 Å². The van der Waals surface area contributed by atoms with Crippen molar-refractivity contribution in [2.45, 2.75) is 38.3 Å². The zero-order chi connectivity index (χ0) is 20.3. The summed E-state index contributed by atoms with van der Waals surface area (Å²) in [6, 6.07) is 11.0. The van der Waals surface area contributed by atoms with Crippen molar-refractivity contribution in [3.63, 3.8) is 0 Å². The van der Waals surface area contributed by atoms with Crippen LogP contribution in [0, 0.1) is 11.7 Å². The van der Waals surface area contributed by atoms with Gasteiger partial charge in [-0.3, -0.25) is 9.59 Å². The molecule has 5 nitrogen and oxygen atoms in total. The third kappa shape index (κ3) is 4.51. The molecule has 0 bridgehead atoms. The minimum Gasteiger partial charge on any atom is -0.386 e. The molecule has 2 aromatic rings. The summed E-state index contributed by atoms with van der Waals surface area (Å²) in [6.07, 6.45) is -0.182. The predicted octanol–water partition coefficient (Wildman–Crippen LogP) is 3.61. The topological polar surface area (TPSA) is 78.4 Å². The predicted molar refractivity (Wildman–Crippen MR) is 105 cm³/mol. The van der Waals surface area contributed by atoms with Crippen LogP contribution in [0.25, 0.3) is 0 Å². The number of aliphatic hydroxyl groups is 1. The Morgan fingerprint density at radius 3 is 2.82 bits per heavy atom. The van der Waals surface area contributed by atoms with E-state index in [0.29, 0.717) is 12.8 Å². The van der Waals surface area contributed by atoms with Gasteiger partial charge in [-0.2, -0.15) is 0 Å². The number of carbonyl (C=O) groups excluding carboxylic acids is 2. The Labute approximate surface area is 167 Å². The van der Waals surface area contributed by atoms with Crippen LogP contribution in [-0.2, 0) is 16.0 Å². The number of amides is 2. The van der Waals surface area contributed by atoms with E-state index in [4.69, 9.17) is 11.6 Å². The first kappa shape index (κ1) is 20.3. The zero-order valence-electron chi connectivity index (χ0n) is 15.4. The monoisotopic (exact) mass is 404 g/mol. The first-order valence-electron chi connectivity index (χ1n) is 9.17. The molecule has 1 aliphatic rings. The van der Waals surface area contributed by atoms with E-state index in [1.807, 2.05) is 24.3 Å². The second-order valence-corrected chi connectivity index (χ2v) is 7.43. The summed E-state index contributed by atoms with van der Waals surface area (Å²) in [5, 5.41) is 16.0. The molecule has 1 aliphatic heterocycles. The molecule has 3 rings (SSSR count). The minimum absolute atomic E-state index is 0.0415. The number of aliphatic hydroxyl groups excluding tert-OH is 1. The third-order valence-corrected chi connectivity index (χ3v) is 5.32. The molecule has 3 N–H and O–H groups in total. The van der Waals surface area contributed by atoms with Gasteiger partial charge in [0.1, 0.15) is 11.9 Å². The Balaban J connectivity index is 1.55. The molecule has 1 heterocycles. The third-order valence-electron chi connectivity index (χ3n) is 4.99. The Bertz CT molecular complexity index is 869. The van der Waals surface area contributed by atoms with Crippen LogP contribution < -0.4 is 10.6 Å². The molecule has 3 atom stereocenters. The van der Waals surface area contributed by atoms with Crippen LogP contribution in [0.5, 0.6) is 0 Å².